The van der Waals surface area contributed by atoms with Crippen molar-refractivity contribution in [1.82, 2.24) is 5.32 Å². The van der Waals surface area contributed by atoms with E-state index in [4.69, 9.17) is 4.74 Å². The summed E-state index contributed by atoms with van der Waals surface area (Å²) < 4.78 is 6.25. The minimum atomic E-state index is 0.338. The number of nitrogens with one attached hydrogen (secondary N) is 1. The number of ether oxygens (including phenoxy) is 1. The maximum absolute atomic E-state index is 6.25. The largest absolute Gasteiger partial charge is 0.374 e. The second kappa shape index (κ2) is 7.38. The summed E-state index contributed by atoms with van der Waals surface area (Å²) in [4.78, 5) is 0. The molecule has 2 heteroatoms. The van der Waals surface area contributed by atoms with Crippen molar-refractivity contribution in [3.8, 4) is 0 Å². The van der Waals surface area contributed by atoms with Crippen molar-refractivity contribution < 1.29 is 4.74 Å². The highest BCUT2D eigenvalue weighted by molar-refractivity contribution is 4.79. The van der Waals surface area contributed by atoms with Gasteiger partial charge in [0, 0.05) is 6.04 Å². The molecule has 1 rings (SSSR count). The van der Waals surface area contributed by atoms with Gasteiger partial charge in [-0.1, -0.05) is 27.7 Å². The van der Waals surface area contributed by atoms with Crippen molar-refractivity contribution in [2.24, 2.45) is 11.8 Å². The van der Waals surface area contributed by atoms with Gasteiger partial charge in [-0.15, -0.1) is 0 Å². The topological polar surface area (TPSA) is 21.3 Å². The molecule has 0 bridgehead atoms. The van der Waals surface area contributed by atoms with Crippen LogP contribution in [0, 0.1) is 11.8 Å². The van der Waals surface area contributed by atoms with Crippen LogP contribution >= 0.6 is 0 Å². The summed E-state index contributed by atoms with van der Waals surface area (Å²) >= 11 is 0. The minimum absolute atomic E-state index is 0.338. The Balaban J connectivity index is 2.37. The second-order valence-electron chi connectivity index (χ2n) is 5.80. The average molecular weight is 241 g/mol. The molecule has 0 aliphatic heterocycles. The Bertz CT molecular complexity index is 207. The molecular weight excluding hydrogens is 210 g/mol. The van der Waals surface area contributed by atoms with Gasteiger partial charge in [0.15, 0.2) is 0 Å². The Hall–Kier alpha value is -0.0800. The molecule has 17 heavy (non-hydrogen) atoms. The Labute approximate surface area is 108 Å². The van der Waals surface area contributed by atoms with Gasteiger partial charge in [0.2, 0.25) is 0 Å². The standard InChI is InChI=1S/C15H31NO/c1-6-15(16-7-2)13(5)17-14-9-8-11(3)12(4)10-14/h11-16H,6-10H2,1-5H3. The summed E-state index contributed by atoms with van der Waals surface area (Å²) in [6, 6.07) is 0.509. The van der Waals surface area contributed by atoms with Gasteiger partial charge in [0.25, 0.3) is 0 Å². The van der Waals surface area contributed by atoms with Crippen LogP contribution in [-0.2, 0) is 4.74 Å². The lowest BCUT2D eigenvalue weighted by Gasteiger charge is -2.35. The van der Waals surface area contributed by atoms with Crippen LogP contribution in [0.3, 0.4) is 0 Å². The zero-order valence-electron chi connectivity index (χ0n) is 12.3. The molecule has 0 aromatic heterocycles. The van der Waals surface area contributed by atoms with Crippen LogP contribution in [0.5, 0.6) is 0 Å². The maximum atomic E-state index is 6.25. The molecule has 0 aromatic rings. The summed E-state index contributed by atoms with van der Waals surface area (Å²) in [5.41, 5.74) is 0. The van der Waals surface area contributed by atoms with Gasteiger partial charge in [-0.25, -0.2) is 0 Å². The summed E-state index contributed by atoms with van der Waals surface area (Å²) in [5.74, 6) is 1.70. The zero-order chi connectivity index (χ0) is 12.8. The van der Waals surface area contributed by atoms with Gasteiger partial charge < -0.3 is 10.1 Å². The Morgan fingerprint density at radius 2 is 1.88 bits per heavy atom. The van der Waals surface area contributed by atoms with Crippen molar-refractivity contribution in [2.75, 3.05) is 6.54 Å². The first kappa shape index (κ1) is 15.0. The molecule has 1 aliphatic carbocycles. The van der Waals surface area contributed by atoms with Gasteiger partial charge >= 0.3 is 0 Å². The lowest BCUT2D eigenvalue weighted by molar-refractivity contribution is -0.0538. The number of hydrogen-bond donors (Lipinski definition) is 1. The maximum Gasteiger partial charge on any atom is 0.0703 e. The minimum Gasteiger partial charge on any atom is -0.374 e. The van der Waals surface area contributed by atoms with Crippen LogP contribution < -0.4 is 5.32 Å². The zero-order valence-corrected chi connectivity index (χ0v) is 12.3. The molecule has 0 amide bonds. The number of hydrogen-bond acceptors (Lipinski definition) is 2. The molecule has 0 saturated heterocycles. The van der Waals surface area contributed by atoms with Crippen LogP contribution in [0.25, 0.3) is 0 Å². The van der Waals surface area contributed by atoms with Gasteiger partial charge in [0.05, 0.1) is 12.2 Å². The highest BCUT2D eigenvalue weighted by Gasteiger charge is 2.27. The third-order valence-electron chi connectivity index (χ3n) is 4.43. The van der Waals surface area contributed by atoms with Crippen LogP contribution in [0.4, 0.5) is 0 Å². The molecule has 0 heterocycles. The molecule has 102 valence electrons. The molecule has 1 saturated carbocycles. The molecule has 2 nitrogen and oxygen atoms in total. The van der Waals surface area contributed by atoms with Gasteiger partial charge in [-0.3, -0.25) is 0 Å². The molecule has 1 N–H and O–H groups in total. The normalized spacial score (nSPS) is 33.4. The third-order valence-corrected chi connectivity index (χ3v) is 4.43. The van der Waals surface area contributed by atoms with Crippen molar-refractivity contribution in [3.05, 3.63) is 0 Å². The van der Waals surface area contributed by atoms with Gasteiger partial charge in [-0.2, -0.15) is 0 Å². The number of likely N-dealkylation sites (N-methyl/N-ethyl adjacent to an activating group) is 1. The smallest absolute Gasteiger partial charge is 0.0703 e. The first-order valence-electron chi connectivity index (χ1n) is 7.47. The molecular formula is C15H31NO. The first-order chi connectivity index (χ1) is 8.08. The third kappa shape index (κ3) is 4.59. The second-order valence-corrected chi connectivity index (χ2v) is 5.80. The summed E-state index contributed by atoms with van der Waals surface area (Å²) in [7, 11) is 0. The SMILES string of the molecule is CCNC(CC)C(C)OC1CCC(C)C(C)C1. The van der Waals surface area contributed by atoms with E-state index < -0.39 is 0 Å². The predicted octanol–water partition coefficient (Wildman–Crippen LogP) is 3.60. The van der Waals surface area contributed by atoms with E-state index in [1.54, 1.807) is 0 Å². The lowest BCUT2D eigenvalue weighted by atomic mass is 9.80. The highest BCUT2D eigenvalue weighted by Crippen LogP contribution is 2.31. The van der Waals surface area contributed by atoms with Crippen molar-refractivity contribution in [1.29, 1.82) is 0 Å². The average Bonchev–Trinajstić information content (AvgIpc) is 2.30. The first-order valence-corrected chi connectivity index (χ1v) is 7.47. The molecule has 0 aromatic carbocycles. The fraction of sp³-hybridized carbons (Fsp3) is 1.00. The van der Waals surface area contributed by atoms with E-state index in [9.17, 15) is 0 Å². The van der Waals surface area contributed by atoms with Crippen molar-refractivity contribution in [2.45, 2.75) is 78.6 Å². The van der Waals surface area contributed by atoms with E-state index >= 15 is 0 Å². The lowest BCUT2D eigenvalue weighted by Crippen LogP contribution is -2.42. The molecule has 1 aliphatic rings. The Morgan fingerprint density at radius 1 is 1.18 bits per heavy atom. The van der Waals surface area contributed by atoms with Crippen LogP contribution in [0.1, 0.15) is 60.3 Å². The van der Waals surface area contributed by atoms with Crippen molar-refractivity contribution in [3.63, 3.8) is 0 Å². The van der Waals surface area contributed by atoms with E-state index in [1.807, 2.05) is 0 Å². The molecule has 1 fully saturated rings. The quantitative estimate of drug-likeness (QED) is 0.767. The predicted molar refractivity (Wildman–Crippen MR) is 74.3 cm³/mol. The van der Waals surface area contributed by atoms with Crippen LogP contribution in [-0.4, -0.2) is 24.8 Å². The summed E-state index contributed by atoms with van der Waals surface area (Å²) in [5, 5.41) is 3.52. The van der Waals surface area contributed by atoms with E-state index in [2.05, 4.69) is 39.9 Å². The molecule has 5 atom stereocenters. The van der Waals surface area contributed by atoms with Gasteiger partial charge in [-0.05, 0) is 51.0 Å². The fourth-order valence-electron chi connectivity index (χ4n) is 2.92. The molecule has 5 unspecified atom stereocenters. The number of rotatable bonds is 6. The molecule has 0 spiro atoms. The van der Waals surface area contributed by atoms with Crippen LogP contribution in [0.15, 0.2) is 0 Å². The van der Waals surface area contributed by atoms with E-state index in [0.29, 0.717) is 18.2 Å². The van der Waals surface area contributed by atoms with Crippen LogP contribution in [0.2, 0.25) is 0 Å². The Kier molecular flexibility index (Phi) is 6.50. The van der Waals surface area contributed by atoms with Gasteiger partial charge in [0.1, 0.15) is 0 Å². The van der Waals surface area contributed by atoms with Crippen molar-refractivity contribution >= 4 is 0 Å². The Morgan fingerprint density at radius 3 is 2.41 bits per heavy atom. The molecule has 0 radical (unpaired) electrons. The van der Waals surface area contributed by atoms with E-state index in [0.717, 1.165) is 24.8 Å². The van der Waals surface area contributed by atoms with E-state index in [1.165, 1.54) is 19.3 Å². The monoisotopic (exact) mass is 241 g/mol. The van der Waals surface area contributed by atoms with E-state index in [-0.39, 0.29) is 0 Å². The summed E-state index contributed by atoms with van der Waals surface area (Å²) in [6.45, 7) is 12.4. The summed E-state index contributed by atoms with van der Waals surface area (Å²) in [6.07, 6.45) is 5.80. The highest BCUT2D eigenvalue weighted by atomic mass is 16.5. The fourth-order valence-corrected chi connectivity index (χ4v) is 2.92.